The van der Waals surface area contributed by atoms with E-state index in [1.807, 2.05) is 6.92 Å². The smallest absolute Gasteiger partial charge is 0.310 e. The van der Waals surface area contributed by atoms with E-state index in [-0.39, 0.29) is 23.7 Å². The maximum atomic E-state index is 11.9. The summed E-state index contributed by atoms with van der Waals surface area (Å²) in [5.74, 6) is -0.0578. The van der Waals surface area contributed by atoms with E-state index in [1.165, 1.54) is 7.11 Å². The molecule has 0 bridgehead atoms. The third-order valence-electron chi connectivity index (χ3n) is 3.05. The quantitative estimate of drug-likeness (QED) is 0.666. The highest BCUT2D eigenvalue weighted by Gasteiger charge is 2.31. The molecule has 1 rings (SSSR count). The molecule has 0 aromatic carbocycles. The molecule has 1 amide bonds. The molecule has 0 spiro atoms. The molecule has 1 heterocycles. The molecular formula is C12H21NO4. The summed E-state index contributed by atoms with van der Waals surface area (Å²) in [4.78, 5) is 25.0. The number of ether oxygens (including phenoxy) is 2. The van der Waals surface area contributed by atoms with Gasteiger partial charge in [-0.1, -0.05) is 6.92 Å². The van der Waals surface area contributed by atoms with Crippen molar-refractivity contribution in [3.63, 3.8) is 0 Å². The zero-order valence-corrected chi connectivity index (χ0v) is 10.8. The standard InChI is InChI=1S/C12H21NO4/c1-9(8-16-2)6-11(14)13-5-4-10(7-13)12(15)17-3/h9-10H,4-8H2,1-3H3. The van der Waals surface area contributed by atoms with Crippen LogP contribution in [0.4, 0.5) is 0 Å². The normalized spacial score (nSPS) is 21.4. The predicted molar refractivity (Wildman–Crippen MR) is 62.4 cm³/mol. The number of hydrogen-bond acceptors (Lipinski definition) is 4. The number of esters is 1. The first kappa shape index (κ1) is 14.0. The minimum absolute atomic E-state index is 0.0981. The molecule has 0 radical (unpaired) electrons. The Morgan fingerprint density at radius 2 is 2.12 bits per heavy atom. The van der Waals surface area contributed by atoms with Gasteiger partial charge in [-0.2, -0.15) is 0 Å². The Morgan fingerprint density at radius 3 is 2.71 bits per heavy atom. The van der Waals surface area contributed by atoms with Gasteiger partial charge in [-0.25, -0.2) is 0 Å². The topological polar surface area (TPSA) is 55.8 Å². The first-order valence-electron chi connectivity index (χ1n) is 5.93. The van der Waals surface area contributed by atoms with Crippen LogP contribution in [0.5, 0.6) is 0 Å². The third-order valence-corrected chi connectivity index (χ3v) is 3.05. The van der Waals surface area contributed by atoms with Gasteiger partial charge in [0.25, 0.3) is 0 Å². The highest BCUT2D eigenvalue weighted by molar-refractivity contribution is 5.79. The highest BCUT2D eigenvalue weighted by atomic mass is 16.5. The molecule has 2 atom stereocenters. The Hall–Kier alpha value is -1.10. The van der Waals surface area contributed by atoms with Crippen molar-refractivity contribution in [3.8, 4) is 0 Å². The van der Waals surface area contributed by atoms with Crippen LogP contribution >= 0.6 is 0 Å². The number of rotatable bonds is 5. The number of nitrogens with zero attached hydrogens (tertiary/aromatic N) is 1. The second-order valence-corrected chi connectivity index (χ2v) is 4.61. The monoisotopic (exact) mass is 243 g/mol. The van der Waals surface area contributed by atoms with Crippen LogP contribution < -0.4 is 0 Å². The first-order valence-corrected chi connectivity index (χ1v) is 5.93. The Bertz CT molecular complexity index is 280. The zero-order chi connectivity index (χ0) is 12.8. The van der Waals surface area contributed by atoms with Gasteiger partial charge in [0.1, 0.15) is 0 Å². The highest BCUT2D eigenvalue weighted by Crippen LogP contribution is 2.19. The third kappa shape index (κ3) is 4.00. The second kappa shape index (κ2) is 6.59. The van der Waals surface area contributed by atoms with E-state index in [2.05, 4.69) is 4.74 Å². The molecule has 0 saturated carbocycles. The molecule has 1 aliphatic heterocycles. The van der Waals surface area contributed by atoms with E-state index in [0.717, 1.165) is 0 Å². The van der Waals surface area contributed by atoms with Gasteiger partial charge in [0.2, 0.25) is 5.91 Å². The SMILES string of the molecule is COCC(C)CC(=O)N1CCC(C(=O)OC)C1. The molecular weight excluding hydrogens is 222 g/mol. The van der Waals surface area contributed by atoms with Crippen molar-refractivity contribution in [2.24, 2.45) is 11.8 Å². The molecule has 0 N–H and O–H groups in total. The summed E-state index contributed by atoms with van der Waals surface area (Å²) >= 11 is 0. The molecule has 1 fully saturated rings. The molecule has 1 saturated heterocycles. The maximum absolute atomic E-state index is 11.9. The predicted octanol–water partition coefficient (Wildman–Crippen LogP) is 0.681. The van der Waals surface area contributed by atoms with Gasteiger partial charge >= 0.3 is 5.97 Å². The number of carbonyl (C=O) groups excluding carboxylic acids is 2. The maximum Gasteiger partial charge on any atom is 0.310 e. The Kier molecular flexibility index (Phi) is 5.41. The van der Waals surface area contributed by atoms with Gasteiger partial charge < -0.3 is 14.4 Å². The number of carbonyl (C=O) groups is 2. The summed E-state index contributed by atoms with van der Waals surface area (Å²) in [7, 11) is 3.01. The number of hydrogen-bond donors (Lipinski definition) is 0. The summed E-state index contributed by atoms with van der Waals surface area (Å²) in [6.07, 6.45) is 1.18. The van der Waals surface area contributed by atoms with Crippen LogP contribution in [0.1, 0.15) is 19.8 Å². The Balaban J connectivity index is 2.37. The largest absolute Gasteiger partial charge is 0.469 e. The van der Waals surface area contributed by atoms with E-state index >= 15 is 0 Å². The van der Waals surface area contributed by atoms with Crippen molar-refractivity contribution in [1.82, 2.24) is 4.90 Å². The fraction of sp³-hybridized carbons (Fsp3) is 0.833. The van der Waals surface area contributed by atoms with Crippen molar-refractivity contribution in [2.75, 3.05) is 33.9 Å². The Labute approximate surface area is 102 Å². The van der Waals surface area contributed by atoms with E-state index < -0.39 is 0 Å². The van der Waals surface area contributed by atoms with Crippen LogP contribution in [0.15, 0.2) is 0 Å². The van der Waals surface area contributed by atoms with Gasteiger partial charge in [-0.3, -0.25) is 9.59 Å². The van der Waals surface area contributed by atoms with Crippen LogP contribution in [0.2, 0.25) is 0 Å². The van der Waals surface area contributed by atoms with Crippen LogP contribution in [-0.4, -0.2) is 50.7 Å². The van der Waals surface area contributed by atoms with Crippen molar-refractivity contribution < 1.29 is 19.1 Å². The van der Waals surface area contributed by atoms with Crippen molar-refractivity contribution in [1.29, 1.82) is 0 Å². The zero-order valence-electron chi connectivity index (χ0n) is 10.8. The molecule has 5 heteroatoms. The molecule has 17 heavy (non-hydrogen) atoms. The van der Waals surface area contributed by atoms with E-state index in [1.54, 1.807) is 12.0 Å². The molecule has 0 aromatic rings. The fourth-order valence-corrected chi connectivity index (χ4v) is 2.12. The van der Waals surface area contributed by atoms with Gasteiger partial charge in [0.15, 0.2) is 0 Å². The second-order valence-electron chi connectivity index (χ2n) is 4.61. The lowest BCUT2D eigenvalue weighted by molar-refractivity contribution is -0.145. The summed E-state index contributed by atoms with van der Waals surface area (Å²) in [5, 5.41) is 0. The summed E-state index contributed by atoms with van der Waals surface area (Å²) < 4.78 is 9.68. The van der Waals surface area contributed by atoms with Crippen LogP contribution in [0, 0.1) is 11.8 Å². The molecule has 0 aliphatic carbocycles. The van der Waals surface area contributed by atoms with E-state index in [0.29, 0.717) is 32.5 Å². The van der Waals surface area contributed by atoms with Gasteiger partial charge in [0, 0.05) is 33.2 Å². The van der Waals surface area contributed by atoms with Crippen molar-refractivity contribution in [2.45, 2.75) is 19.8 Å². The van der Waals surface area contributed by atoms with Crippen LogP contribution in [0.3, 0.4) is 0 Å². The van der Waals surface area contributed by atoms with Crippen molar-refractivity contribution >= 4 is 11.9 Å². The first-order chi connectivity index (χ1) is 8.08. The number of methoxy groups -OCH3 is 2. The minimum Gasteiger partial charge on any atom is -0.469 e. The average Bonchev–Trinajstić information content (AvgIpc) is 2.77. The lowest BCUT2D eigenvalue weighted by atomic mass is 10.1. The minimum atomic E-state index is -0.217. The van der Waals surface area contributed by atoms with E-state index in [4.69, 9.17) is 4.74 Å². The van der Waals surface area contributed by atoms with Gasteiger partial charge in [0.05, 0.1) is 13.0 Å². The molecule has 0 aromatic heterocycles. The van der Waals surface area contributed by atoms with Crippen molar-refractivity contribution in [3.05, 3.63) is 0 Å². The number of amides is 1. The van der Waals surface area contributed by atoms with Gasteiger partial charge in [-0.15, -0.1) is 0 Å². The van der Waals surface area contributed by atoms with Crippen LogP contribution in [-0.2, 0) is 19.1 Å². The Morgan fingerprint density at radius 1 is 1.41 bits per heavy atom. The lowest BCUT2D eigenvalue weighted by Crippen LogP contribution is -2.31. The summed E-state index contributed by atoms with van der Waals surface area (Å²) in [5.41, 5.74) is 0. The molecule has 1 aliphatic rings. The fourth-order valence-electron chi connectivity index (χ4n) is 2.12. The summed E-state index contributed by atoms with van der Waals surface area (Å²) in [6.45, 7) is 3.71. The summed E-state index contributed by atoms with van der Waals surface area (Å²) in [6, 6.07) is 0. The number of likely N-dealkylation sites (tertiary alicyclic amines) is 1. The average molecular weight is 243 g/mol. The van der Waals surface area contributed by atoms with E-state index in [9.17, 15) is 9.59 Å². The molecule has 5 nitrogen and oxygen atoms in total. The molecule has 2 unspecified atom stereocenters. The van der Waals surface area contributed by atoms with Crippen LogP contribution in [0.25, 0.3) is 0 Å². The lowest BCUT2D eigenvalue weighted by Gasteiger charge is -2.18. The van der Waals surface area contributed by atoms with Gasteiger partial charge in [-0.05, 0) is 12.3 Å². The molecule has 98 valence electrons.